The van der Waals surface area contributed by atoms with E-state index in [2.05, 4.69) is 20.0 Å². The summed E-state index contributed by atoms with van der Waals surface area (Å²) in [5.74, 6) is -0.631. The van der Waals surface area contributed by atoms with E-state index in [4.69, 9.17) is 9.84 Å². The van der Waals surface area contributed by atoms with E-state index < -0.39 is 21.9 Å². The van der Waals surface area contributed by atoms with Crippen LogP contribution < -0.4 is 14.8 Å². The van der Waals surface area contributed by atoms with E-state index in [-0.39, 0.29) is 23.8 Å². The number of nitrogens with zero attached hydrogens (tertiary/aromatic N) is 2. The SMILES string of the molecule is COc1ccc2nc(NC(=O)C(CC3CCCC3)c3ccc(S(=O)(=O)NCCCCC(=O)O)cc3)sc2n1. The molecule has 2 heterocycles. The van der Waals surface area contributed by atoms with E-state index in [9.17, 15) is 18.0 Å². The third-order valence-corrected chi connectivity index (χ3v) is 9.09. The number of hydrogen-bond donors (Lipinski definition) is 3. The van der Waals surface area contributed by atoms with E-state index in [1.807, 2.05) is 0 Å². The minimum absolute atomic E-state index is 0.00257. The number of carboxylic acids is 1. The lowest BCUT2D eigenvalue weighted by Crippen LogP contribution is -2.25. The van der Waals surface area contributed by atoms with Crippen LogP contribution >= 0.6 is 11.3 Å². The second-order valence-electron chi connectivity index (χ2n) is 9.44. The van der Waals surface area contributed by atoms with Gasteiger partial charge in [-0.05, 0) is 48.9 Å². The summed E-state index contributed by atoms with van der Waals surface area (Å²) in [6, 6.07) is 9.93. The molecule has 1 unspecified atom stereocenters. The van der Waals surface area contributed by atoms with Gasteiger partial charge in [0.2, 0.25) is 21.8 Å². The Morgan fingerprint density at radius 1 is 1.11 bits per heavy atom. The molecule has 0 saturated heterocycles. The summed E-state index contributed by atoms with van der Waals surface area (Å²) in [6.07, 6.45) is 5.97. The van der Waals surface area contributed by atoms with Crippen molar-refractivity contribution in [3.8, 4) is 5.88 Å². The van der Waals surface area contributed by atoms with Crippen LogP contribution in [0.25, 0.3) is 10.3 Å². The largest absolute Gasteiger partial charge is 0.481 e. The molecular formula is C26H32N4O6S2. The molecule has 1 saturated carbocycles. The molecule has 1 atom stereocenters. The molecule has 0 aliphatic heterocycles. The maximum Gasteiger partial charge on any atom is 0.303 e. The first-order valence-electron chi connectivity index (χ1n) is 12.7. The number of unbranched alkanes of at least 4 members (excludes halogenated alkanes) is 1. The Morgan fingerprint density at radius 2 is 1.84 bits per heavy atom. The highest BCUT2D eigenvalue weighted by Gasteiger charge is 2.28. The molecule has 38 heavy (non-hydrogen) atoms. The Hall–Kier alpha value is -3.09. The molecule has 12 heteroatoms. The van der Waals surface area contributed by atoms with Gasteiger partial charge in [-0.2, -0.15) is 0 Å². The summed E-state index contributed by atoms with van der Waals surface area (Å²) in [6.45, 7) is 0.160. The van der Waals surface area contributed by atoms with Crippen molar-refractivity contribution in [2.75, 3.05) is 19.0 Å². The maximum atomic E-state index is 13.5. The van der Waals surface area contributed by atoms with Gasteiger partial charge in [-0.3, -0.25) is 9.59 Å². The number of methoxy groups -OCH3 is 1. The maximum absolute atomic E-state index is 13.5. The molecule has 3 N–H and O–H groups in total. The van der Waals surface area contributed by atoms with Gasteiger partial charge < -0.3 is 15.2 Å². The number of sulfonamides is 1. The first-order valence-corrected chi connectivity index (χ1v) is 15.0. The number of benzene rings is 1. The average Bonchev–Trinajstić information content (AvgIpc) is 3.55. The summed E-state index contributed by atoms with van der Waals surface area (Å²) < 4.78 is 33.0. The quantitative estimate of drug-likeness (QED) is 0.258. The smallest absolute Gasteiger partial charge is 0.303 e. The highest BCUT2D eigenvalue weighted by molar-refractivity contribution is 7.89. The van der Waals surface area contributed by atoms with Gasteiger partial charge in [0, 0.05) is 19.0 Å². The molecule has 2 aromatic heterocycles. The number of anilines is 1. The Morgan fingerprint density at radius 3 is 2.53 bits per heavy atom. The summed E-state index contributed by atoms with van der Waals surface area (Å²) >= 11 is 1.27. The van der Waals surface area contributed by atoms with Crippen molar-refractivity contribution in [1.82, 2.24) is 14.7 Å². The van der Waals surface area contributed by atoms with Crippen LogP contribution in [0.5, 0.6) is 5.88 Å². The van der Waals surface area contributed by atoms with Crippen LogP contribution in [0.15, 0.2) is 41.3 Å². The second kappa shape index (κ2) is 12.6. The first kappa shape index (κ1) is 27.9. The summed E-state index contributed by atoms with van der Waals surface area (Å²) in [4.78, 5) is 33.7. The van der Waals surface area contributed by atoms with Gasteiger partial charge in [-0.1, -0.05) is 49.2 Å². The number of ether oxygens (including phenoxy) is 1. The standard InChI is InChI=1S/C26H32N4O6S2/c1-36-22-14-13-21-25(29-22)37-26(28-21)30-24(33)20(16-17-6-2-3-7-17)18-9-11-19(12-10-18)38(34,35)27-15-5-4-8-23(31)32/h9-14,17,20,27H,2-8,15-16H2,1H3,(H,31,32)(H,28,30,33). The van der Waals surface area contributed by atoms with Crippen molar-refractivity contribution in [2.45, 2.75) is 62.2 Å². The molecule has 1 aliphatic carbocycles. The molecule has 1 aliphatic rings. The van der Waals surface area contributed by atoms with Crippen LogP contribution in [0.2, 0.25) is 0 Å². The molecule has 1 amide bonds. The molecule has 1 aromatic carbocycles. The predicted octanol–water partition coefficient (Wildman–Crippen LogP) is 4.54. The fourth-order valence-corrected chi connectivity index (χ4v) is 6.61. The van der Waals surface area contributed by atoms with Crippen LogP contribution in [-0.4, -0.2) is 49.0 Å². The zero-order valence-corrected chi connectivity index (χ0v) is 22.8. The number of carboxylic acid groups (broad SMARTS) is 1. The molecule has 204 valence electrons. The van der Waals surface area contributed by atoms with Crippen molar-refractivity contribution in [3.63, 3.8) is 0 Å². The fourth-order valence-electron chi connectivity index (χ4n) is 4.70. The monoisotopic (exact) mass is 560 g/mol. The first-order chi connectivity index (χ1) is 18.2. The molecule has 10 nitrogen and oxygen atoms in total. The van der Waals surface area contributed by atoms with E-state index >= 15 is 0 Å². The number of carbonyl (C=O) groups excluding carboxylic acids is 1. The molecule has 0 spiro atoms. The molecule has 0 bridgehead atoms. The Balaban J connectivity index is 1.47. The van der Waals surface area contributed by atoms with Gasteiger partial charge in [0.15, 0.2) is 5.13 Å². The summed E-state index contributed by atoms with van der Waals surface area (Å²) in [5, 5.41) is 12.1. The fraction of sp³-hybridized carbons (Fsp3) is 0.462. The minimum Gasteiger partial charge on any atom is -0.481 e. The number of pyridine rings is 1. The second-order valence-corrected chi connectivity index (χ2v) is 12.2. The third kappa shape index (κ3) is 7.27. The van der Waals surface area contributed by atoms with E-state index in [1.54, 1.807) is 31.4 Å². The van der Waals surface area contributed by atoms with Crippen LogP contribution in [0.3, 0.4) is 0 Å². The van der Waals surface area contributed by atoms with Crippen LogP contribution in [0.1, 0.15) is 62.8 Å². The molecule has 1 fully saturated rings. The normalized spacial score (nSPS) is 15.0. The Bertz CT molecular complexity index is 1370. The zero-order valence-electron chi connectivity index (χ0n) is 21.2. The predicted molar refractivity (Wildman–Crippen MR) is 145 cm³/mol. The number of nitrogens with one attached hydrogen (secondary N) is 2. The van der Waals surface area contributed by atoms with Gasteiger partial charge in [-0.25, -0.2) is 23.1 Å². The van der Waals surface area contributed by atoms with Gasteiger partial charge in [0.25, 0.3) is 0 Å². The van der Waals surface area contributed by atoms with Crippen molar-refractivity contribution in [1.29, 1.82) is 0 Å². The number of aliphatic carboxylic acids is 1. The highest BCUT2D eigenvalue weighted by atomic mass is 32.2. The van der Waals surface area contributed by atoms with E-state index in [1.165, 1.54) is 23.5 Å². The molecular weight excluding hydrogens is 528 g/mol. The van der Waals surface area contributed by atoms with E-state index in [0.29, 0.717) is 46.5 Å². The van der Waals surface area contributed by atoms with Crippen LogP contribution in [-0.2, 0) is 19.6 Å². The van der Waals surface area contributed by atoms with E-state index in [0.717, 1.165) is 31.2 Å². The minimum atomic E-state index is -3.74. The van der Waals surface area contributed by atoms with Gasteiger partial charge >= 0.3 is 5.97 Å². The number of hydrogen-bond acceptors (Lipinski definition) is 8. The van der Waals surface area contributed by atoms with Gasteiger partial charge in [-0.15, -0.1) is 0 Å². The zero-order chi connectivity index (χ0) is 27.1. The number of thiazole rings is 1. The van der Waals surface area contributed by atoms with Crippen molar-refractivity contribution in [2.24, 2.45) is 5.92 Å². The summed E-state index contributed by atoms with van der Waals surface area (Å²) in [5.41, 5.74) is 1.42. The van der Waals surface area contributed by atoms with Crippen LogP contribution in [0.4, 0.5) is 5.13 Å². The number of amides is 1. The van der Waals surface area contributed by atoms with Gasteiger partial charge in [0.1, 0.15) is 10.3 Å². The molecule has 0 radical (unpaired) electrons. The van der Waals surface area contributed by atoms with Crippen LogP contribution in [0, 0.1) is 5.92 Å². The Labute approximate surface area is 225 Å². The topological polar surface area (TPSA) is 148 Å². The highest BCUT2D eigenvalue weighted by Crippen LogP contribution is 2.36. The van der Waals surface area contributed by atoms with Crippen molar-refractivity contribution < 1.29 is 27.9 Å². The lowest BCUT2D eigenvalue weighted by Gasteiger charge is -2.20. The molecule has 3 aromatic rings. The Kier molecular flexibility index (Phi) is 9.29. The number of carbonyl (C=O) groups is 2. The van der Waals surface area contributed by atoms with Crippen molar-refractivity contribution in [3.05, 3.63) is 42.0 Å². The molecule has 4 rings (SSSR count). The summed E-state index contributed by atoms with van der Waals surface area (Å²) in [7, 11) is -2.20. The number of rotatable bonds is 13. The number of fused-ring (bicyclic) bond motifs is 1. The lowest BCUT2D eigenvalue weighted by molar-refractivity contribution is -0.137. The average molecular weight is 561 g/mol. The van der Waals surface area contributed by atoms with Gasteiger partial charge in [0.05, 0.1) is 17.9 Å². The number of aromatic nitrogens is 2. The lowest BCUT2D eigenvalue weighted by atomic mass is 9.87. The third-order valence-electron chi connectivity index (χ3n) is 6.73. The van der Waals surface area contributed by atoms with Crippen molar-refractivity contribution >= 4 is 48.7 Å².